The Kier molecular flexibility index (Phi) is 6.07. The third-order valence-corrected chi connectivity index (χ3v) is 3.63. The number of allylic oxidation sites excluding steroid dienone is 3. The van der Waals surface area contributed by atoms with E-state index >= 15 is 0 Å². The second kappa shape index (κ2) is 7.57. The number of rotatable bonds is 5. The van der Waals surface area contributed by atoms with E-state index in [2.05, 4.69) is 12.3 Å². The van der Waals surface area contributed by atoms with Gasteiger partial charge in [0.15, 0.2) is 0 Å². The molecule has 3 heteroatoms. The minimum absolute atomic E-state index is 0.370. The SMILES string of the molecule is C=CCC=C=CC=CC(=O)Oc1c(C)sc(C)c1C. The normalized spacial score (nSPS) is 10.1. The Morgan fingerprint density at radius 1 is 1.37 bits per heavy atom. The number of ether oxygens (including phenoxy) is 1. The molecule has 0 bridgehead atoms. The topological polar surface area (TPSA) is 26.3 Å². The van der Waals surface area contributed by atoms with Crippen molar-refractivity contribution in [2.45, 2.75) is 27.2 Å². The van der Waals surface area contributed by atoms with E-state index in [0.717, 1.165) is 16.9 Å². The molecule has 0 atom stereocenters. The van der Waals surface area contributed by atoms with Gasteiger partial charge in [-0.25, -0.2) is 4.79 Å². The summed E-state index contributed by atoms with van der Waals surface area (Å²) in [5.74, 6) is 0.314. The Labute approximate surface area is 118 Å². The first kappa shape index (κ1) is 15.2. The van der Waals surface area contributed by atoms with Gasteiger partial charge >= 0.3 is 5.97 Å². The van der Waals surface area contributed by atoms with Gasteiger partial charge in [-0.05, 0) is 45.4 Å². The lowest BCUT2D eigenvalue weighted by atomic mass is 10.2. The van der Waals surface area contributed by atoms with Crippen LogP contribution in [0, 0.1) is 20.8 Å². The van der Waals surface area contributed by atoms with Gasteiger partial charge in [-0.3, -0.25) is 0 Å². The molecule has 19 heavy (non-hydrogen) atoms. The van der Waals surface area contributed by atoms with Crippen molar-refractivity contribution in [3.8, 4) is 5.75 Å². The van der Waals surface area contributed by atoms with Crippen LogP contribution in [0.2, 0.25) is 0 Å². The minimum atomic E-state index is -0.370. The lowest BCUT2D eigenvalue weighted by molar-refractivity contribution is -0.129. The molecule has 0 aliphatic rings. The monoisotopic (exact) mass is 274 g/mol. The summed E-state index contributed by atoms with van der Waals surface area (Å²) >= 11 is 1.64. The van der Waals surface area contributed by atoms with E-state index in [9.17, 15) is 4.79 Å². The highest BCUT2D eigenvalue weighted by molar-refractivity contribution is 7.12. The third kappa shape index (κ3) is 4.74. The van der Waals surface area contributed by atoms with Crippen LogP contribution in [0.4, 0.5) is 0 Å². The highest BCUT2D eigenvalue weighted by atomic mass is 32.1. The Bertz CT molecular complexity index is 556. The fourth-order valence-corrected chi connectivity index (χ4v) is 2.45. The predicted molar refractivity (Wildman–Crippen MR) is 80.8 cm³/mol. The predicted octanol–water partition coefficient (Wildman–Crippen LogP) is 4.42. The molecule has 1 rings (SSSR count). The molecule has 0 aromatic carbocycles. The van der Waals surface area contributed by atoms with Gasteiger partial charge < -0.3 is 4.74 Å². The third-order valence-electron chi connectivity index (χ3n) is 2.52. The average Bonchev–Trinajstić information content (AvgIpc) is 2.60. The van der Waals surface area contributed by atoms with E-state index in [4.69, 9.17) is 4.74 Å². The number of aryl methyl sites for hydroxylation is 2. The zero-order chi connectivity index (χ0) is 14.3. The maximum atomic E-state index is 11.6. The van der Waals surface area contributed by atoms with Crippen LogP contribution < -0.4 is 4.74 Å². The average molecular weight is 274 g/mol. The van der Waals surface area contributed by atoms with Crippen molar-refractivity contribution >= 4 is 17.3 Å². The zero-order valence-corrected chi connectivity index (χ0v) is 12.3. The van der Waals surface area contributed by atoms with Gasteiger partial charge in [-0.2, -0.15) is 0 Å². The summed E-state index contributed by atoms with van der Waals surface area (Å²) in [4.78, 5) is 13.8. The molecule has 100 valence electrons. The first-order valence-electron chi connectivity index (χ1n) is 6.03. The molecular weight excluding hydrogens is 256 g/mol. The Hall–Kier alpha value is -1.83. The van der Waals surface area contributed by atoms with E-state index in [0.29, 0.717) is 5.75 Å². The number of hydrogen-bond acceptors (Lipinski definition) is 3. The van der Waals surface area contributed by atoms with Gasteiger partial charge in [-0.15, -0.1) is 23.6 Å². The van der Waals surface area contributed by atoms with Crippen LogP contribution in [0.15, 0.2) is 42.7 Å². The van der Waals surface area contributed by atoms with Crippen molar-refractivity contribution in [3.05, 3.63) is 58.0 Å². The molecule has 1 heterocycles. The molecular formula is C16H18O2S. The van der Waals surface area contributed by atoms with Gasteiger partial charge in [0.25, 0.3) is 0 Å². The molecule has 1 aromatic rings. The Morgan fingerprint density at radius 3 is 2.68 bits per heavy atom. The highest BCUT2D eigenvalue weighted by Gasteiger charge is 2.12. The molecule has 0 amide bonds. The molecule has 1 aromatic heterocycles. The minimum Gasteiger partial charge on any atom is -0.422 e. The van der Waals surface area contributed by atoms with Gasteiger partial charge in [0, 0.05) is 21.4 Å². The molecule has 0 spiro atoms. The molecule has 0 aliphatic carbocycles. The molecule has 2 nitrogen and oxygen atoms in total. The first-order chi connectivity index (χ1) is 9.06. The molecule has 0 N–H and O–H groups in total. The fraction of sp³-hybridized carbons (Fsp3) is 0.250. The molecule has 0 saturated heterocycles. The highest BCUT2D eigenvalue weighted by Crippen LogP contribution is 2.33. The zero-order valence-electron chi connectivity index (χ0n) is 11.5. The lowest BCUT2D eigenvalue weighted by Gasteiger charge is -2.01. The fourth-order valence-electron chi connectivity index (χ4n) is 1.46. The van der Waals surface area contributed by atoms with Gasteiger partial charge in [0.1, 0.15) is 5.75 Å². The summed E-state index contributed by atoms with van der Waals surface area (Å²) in [6.07, 6.45) is 9.06. The molecule has 0 fully saturated rings. The summed E-state index contributed by atoms with van der Waals surface area (Å²) < 4.78 is 5.34. The van der Waals surface area contributed by atoms with E-state index in [1.807, 2.05) is 26.8 Å². The number of carbonyl (C=O) groups excluding carboxylic acids is 1. The van der Waals surface area contributed by atoms with Crippen LogP contribution in [0.3, 0.4) is 0 Å². The van der Waals surface area contributed by atoms with Crippen molar-refractivity contribution in [2.24, 2.45) is 0 Å². The van der Waals surface area contributed by atoms with Crippen LogP contribution in [-0.4, -0.2) is 5.97 Å². The number of thiophene rings is 1. The Balaban J connectivity index is 2.63. The number of carbonyl (C=O) groups is 1. The maximum Gasteiger partial charge on any atom is 0.336 e. The summed E-state index contributed by atoms with van der Waals surface area (Å²) in [5, 5.41) is 0. The van der Waals surface area contributed by atoms with E-state index < -0.39 is 0 Å². The van der Waals surface area contributed by atoms with Crippen molar-refractivity contribution in [1.29, 1.82) is 0 Å². The second-order valence-electron chi connectivity index (χ2n) is 4.01. The van der Waals surface area contributed by atoms with Gasteiger partial charge in [-0.1, -0.05) is 6.08 Å². The van der Waals surface area contributed by atoms with Crippen LogP contribution in [0.5, 0.6) is 5.75 Å². The van der Waals surface area contributed by atoms with Crippen molar-refractivity contribution < 1.29 is 9.53 Å². The van der Waals surface area contributed by atoms with Crippen LogP contribution in [0.1, 0.15) is 21.7 Å². The van der Waals surface area contributed by atoms with E-state index in [-0.39, 0.29) is 5.97 Å². The smallest absolute Gasteiger partial charge is 0.336 e. The summed E-state index contributed by atoms with van der Waals surface area (Å²) in [7, 11) is 0. The van der Waals surface area contributed by atoms with Gasteiger partial charge in [0.05, 0.1) is 0 Å². The summed E-state index contributed by atoms with van der Waals surface area (Å²) in [6.45, 7) is 9.53. The number of hydrogen-bond donors (Lipinski definition) is 0. The van der Waals surface area contributed by atoms with Gasteiger partial charge in [0.2, 0.25) is 0 Å². The van der Waals surface area contributed by atoms with Crippen molar-refractivity contribution in [3.63, 3.8) is 0 Å². The summed E-state index contributed by atoms with van der Waals surface area (Å²) in [6, 6.07) is 0. The van der Waals surface area contributed by atoms with Crippen LogP contribution in [-0.2, 0) is 4.79 Å². The largest absolute Gasteiger partial charge is 0.422 e. The number of esters is 1. The molecule has 0 unspecified atom stereocenters. The first-order valence-corrected chi connectivity index (χ1v) is 6.84. The molecule has 0 saturated carbocycles. The maximum absolute atomic E-state index is 11.6. The van der Waals surface area contributed by atoms with E-state index in [1.54, 1.807) is 29.6 Å². The standard InChI is InChI=1S/C16H18O2S/c1-5-6-7-8-9-10-11-15(17)18-16-12(2)13(3)19-14(16)4/h5,7,9-11H,1,6H2,2-4H3. The quantitative estimate of drug-likeness (QED) is 0.261. The van der Waals surface area contributed by atoms with Crippen LogP contribution in [0.25, 0.3) is 0 Å². The Morgan fingerprint density at radius 2 is 2.11 bits per heavy atom. The van der Waals surface area contributed by atoms with Crippen molar-refractivity contribution in [2.75, 3.05) is 0 Å². The second-order valence-corrected chi connectivity index (χ2v) is 5.44. The van der Waals surface area contributed by atoms with Crippen molar-refractivity contribution in [1.82, 2.24) is 0 Å². The van der Waals surface area contributed by atoms with Crippen LogP contribution >= 0.6 is 11.3 Å². The lowest BCUT2D eigenvalue weighted by Crippen LogP contribution is -2.04. The molecule has 0 radical (unpaired) electrons. The summed E-state index contributed by atoms with van der Waals surface area (Å²) in [5.41, 5.74) is 3.95. The molecule has 0 aliphatic heterocycles. The van der Waals surface area contributed by atoms with E-state index in [1.165, 1.54) is 11.0 Å².